The Labute approximate surface area is 198 Å². The van der Waals surface area contributed by atoms with Crippen molar-refractivity contribution in [1.82, 2.24) is 23.8 Å². The van der Waals surface area contributed by atoms with Crippen molar-refractivity contribution in [3.8, 4) is 11.5 Å². The molecule has 0 aliphatic carbocycles. The number of nitrogen functional groups attached to an aromatic ring is 1. The molecular formula is C21H26N8O4S. The Kier molecular flexibility index (Phi) is 7.03. The van der Waals surface area contributed by atoms with Crippen LogP contribution in [0.15, 0.2) is 29.5 Å². The first-order valence-electron chi connectivity index (χ1n) is 10.6. The number of carbonyl (C=O) groups excluding carboxylic acids is 1. The zero-order valence-electron chi connectivity index (χ0n) is 19.1. The Bertz CT molecular complexity index is 1310. The van der Waals surface area contributed by atoms with Gasteiger partial charge in [-0.1, -0.05) is 0 Å². The number of nitrogens with one attached hydrogen (secondary N) is 1. The highest BCUT2D eigenvalue weighted by molar-refractivity contribution is 7.82. The molecule has 0 radical (unpaired) electrons. The van der Waals surface area contributed by atoms with Crippen molar-refractivity contribution in [2.24, 2.45) is 4.99 Å². The van der Waals surface area contributed by atoms with Gasteiger partial charge in [0, 0.05) is 36.6 Å². The highest BCUT2D eigenvalue weighted by atomic mass is 32.2. The summed E-state index contributed by atoms with van der Waals surface area (Å²) in [7, 11) is 4.03. The van der Waals surface area contributed by atoms with Gasteiger partial charge in [-0.05, 0) is 32.6 Å². The fourth-order valence-corrected chi connectivity index (χ4v) is 4.23. The van der Waals surface area contributed by atoms with E-state index >= 15 is 0 Å². The number of anilines is 2. The monoisotopic (exact) mass is 486 g/mol. The number of nitrogens with two attached hydrogens (primary N) is 1. The lowest BCUT2D eigenvalue weighted by molar-refractivity contribution is 0.0996. The van der Waals surface area contributed by atoms with E-state index in [-0.39, 0.29) is 17.1 Å². The number of hydrogen-bond acceptors (Lipinski definition) is 9. The van der Waals surface area contributed by atoms with Crippen LogP contribution in [0.25, 0.3) is 10.9 Å². The average molecular weight is 487 g/mol. The number of methoxy groups -OCH3 is 1. The second-order valence-electron chi connectivity index (χ2n) is 7.62. The minimum Gasteiger partial charge on any atom is -0.491 e. The van der Waals surface area contributed by atoms with Gasteiger partial charge in [-0.3, -0.25) is 9.36 Å². The molecule has 3 heterocycles. The van der Waals surface area contributed by atoms with Gasteiger partial charge in [-0.15, -0.1) is 0 Å². The van der Waals surface area contributed by atoms with E-state index in [1.165, 1.54) is 19.5 Å². The second kappa shape index (κ2) is 10.1. The van der Waals surface area contributed by atoms with E-state index in [1.807, 2.05) is 16.7 Å². The Hall–Kier alpha value is -3.58. The van der Waals surface area contributed by atoms with E-state index in [2.05, 4.69) is 25.3 Å². The number of nitrogens with zero attached hydrogens (tertiary/aromatic N) is 6. The maximum Gasteiger partial charge on any atom is 0.283 e. The minimum atomic E-state index is -1.05. The third-order valence-corrected chi connectivity index (χ3v) is 6.61. The van der Waals surface area contributed by atoms with Crippen molar-refractivity contribution in [2.45, 2.75) is 13.0 Å². The molecule has 2 aromatic heterocycles. The van der Waals surface area contributed by atoms with E-state index < -0.39 is 16.9 Å². The number of ether oxygens (including phenoxy) is 2. The standard InChI is InChI=1S/C21H26N8O4S/c1-28(2)34(31)10-4-9-33-15-6-5-14-16(17(15)32-3)26-21(29-8-7-23-18(14)29)27-19(30)13-11-24-20(22)25-12-13/h5-6,11-12,23H,4,7-10H2,1-3H3,(H2,22,24,25). The van der Waals surface area contributed by atoms with Gasteiger partial charge in [0.15, 0.2) is 11.5 Å². The summed E-state index contributed by atoms with van der Waals surface area (Å²) < 4.78 is 26.9. The molecular weight excluding hydrogens is 460 g/mol. The molecule has 0 fully saturated rings. The predicted octanol–water partition coefficient (Wildman–Crippen LogP) is 0.578. The highest BCUT2D eigenvalue weighted by Gasteiger charge is 2.21. The molecule has 12 nitrogen and oxygen atoms in total. The summed E-state index contributed by atoms with van der Waals surface area (Å²) in [6.45, 7) is 1.64. The summed E-state index contributed by atoms with van der Waals surface area (Å²) in [5, 5.41) is 4.14. The van der Waals surface area contributed by atoms with Crippen LogP contribution in [-0.2, 0) is 17.5 Å². The number of hydrogen-bond donors (Lipinski definition) is 2. The van der Waals surface area contributed by atoms with E-state index in [4.69, 9.17) is 15.2 Å². The summed E-state index contributed by atoms with van der Waals surface area (Å²) in [5.74, 6) is 1.76. The zero-order valence-corrected chi connectivity index (χ0v) is 20.0. The molecule has 4 rings (SSSR count). The third kappa shape index (κ3) is 4.84. The normalized spacial score (nSPS) is 14.2. The lowest BCUT2D eigenvalue weighted by Crippen LogP contribution is -2.25. The summed E-state index contributed by atoms with van der Waals surface area (Å²) in [6.07, 6.45) is 3.27. The fourth-order valence-electron chi connectivity index (χ4n) is 3.50. The van der Waals surface area contributed by atoms with Gasteiger partial charge in [0.25, 0.3) is 5.91 Å². The number of fused-ring (bicyclic) bond motifs is 3. The largest absolute Gasteiger partial charge is 0.491 e. The van der Waals surface area contributed by atoms with Crippen molar-refractivity contribution in [3.05, 3.63) is 35.7 Å². The fraction of sp³-hybridized carbons (Fsp3) is 0.381. The van der Waals surface area contributed by atoms with Crippen LogP contribution in [0.5, 0.6) is 11.5 Å². The van der Waals surface area contributed by atoms with Crippen molar-refractivity contribution in [1.29, 1.82) is 0 Å². The SMILES string of the molecule is COc1c(OCCCS(=O)N(C)C)ccc2c3n(c(=NC(=O)c4cnc(N)nc4)nc12)CCN3. The average Bonchev–Trinajstić information content (AvgIpc) is 3.32. The molecule has 1 amide bonds. The first kappa shape index (κ1) is 23.6. The van der Waals surface area contributed by atoms with Crippen LogP contribution < -0.4 is 26.1 Å². The molecule has 1 unspecified atom stereocenters. The van der Waals surface area contributed by atoms with E-state index in [0.717, 1.165) is 11.2 Å². The quantitative estimate of drug-likeness (QED) is 0.436. The van der Waals surface area contributed by atoms with Crippen molar-refractivity contribution >= 4 is 39.6 Å². The first-order chi connectivity index (χ1) is 16.4. The summed E-state index contributed by atoms with van der Waals surface area (Å²) in [4.78, 5) is 29.3. The summed E-state index contributed by atoms with van der Waals surface area (Å²) in [6, 6.07) is 3.71. The minimum absolute atomic E-state index is 0.0741. The Morgan fingerprint density at radius 1 is 1.32 bits per heavy atom. The van der Waals surface area contributed by atoms with Gasteiger partial charge < -0.3 is 20.5 Å². The smallest absolute Gasteiger partial charge is 0.283 e. The molecule has 13 heteroatoms. The molecule has 3 aromatic rings. The molecule has 1 aromatic carbocycles. The van der Waals surface area contributed by atoms with Crippen LogP contribution in [0, 0.1) is 0 Å². The Balaban J connectivity index is 1.70. The van der Waals surface area contributed by atoms with Gasteiger partial charge in [0.1, 0.15) is 11.3 Å². The number of rotatable bonds is 8. The third-order valence-electron chi connectivity index (χ3n) is 5.15. The molecule has 34 heavy (non-hydrogen) atoms. The van der Waals surface area contributed by atoms with Gasteiger partial charge in [-0.2, -0.15) is 4.99 Å². The Morgan fingerprint density at radius 3 is 2.79 bits per heavy atom. The van der Waals surface area contributed by atoms with Crippen LogP contribution in [0.3, 0.4) is 0 Å². The molecule has 0 saturated heterocycles. The number of aromatic nitrogens is 4. The molecule has 180 valence electrons. The van der Waals surface area contributed by atoms with Gasteiger partial charge in [-0.25, -0.2) is 23.5 Å². The van der Waals surface area contributed by atoms with Crippen LogP contribution in [0.4, 0.5) is 11.8 Å². The molecule has 0 saturated carbocycles. The van der Waals surface area contributed by atoms with E-state index in [9.17, 15) is 9.00 Å². The molecule has 3 N–H and O–H groups in total. The first-order valence-corrected chi connectivity index (χ1v) is 11.9. The summed E-state index contributed by atoms with van der Waals surface area (Å²) in [5.41, 5.74) is 6.44. The number of benzene rings is 1. The maximum atomic E-state index is 12.7. The van der Waals surface area contributed by atoms with Crippen LogP contribution in [0.2, 0.25) is 0 Å². The predicted molar refractivity (Wildman–Crippen MR) is 128 cm³/mol. The molecule has 0 spiro atoms. The Morgan fingerprint density at radius 2 is 2.09 bits per heavy atom. The summed E-state index contributed by atoms with van der Waals surface area (Å²) >= 11 is 0. The highest BCUT2D eigenvalue weighted by Crippen LogP contribution is 2.37. The van der Waals surface area contributed by atoms with Gasteiger partial charge >= 0.3 is 0 Å². The maximum absolute atomic E-state index is 12.7. The van der Waals surface area contributed by atoms with E-state index in [0.29, 0.717) is 48.9 Å². The lowest BCUT2D eigenvalue weighted by atomic mass is 10.2. The topological polar surface area (TPSA) is 150 Å². The zero-order chi connectivity index (χ0) is 24.2. The van der Waals surface area contributed by atoms with E-state index in [1.54, 1.807) is 18.4 Å². The molecule has 0 bridgehead atoms. The molecule has 1 atom stereocenters. The number of carbonyl (C=O) groups is 1. The second-order valence-corrected chi connectivity index (χ2v) is 9.40. The van der Waals surface area contributed by atoms with Crippen LogP contribution in [-0.4, -0.2) is 74.0 Å². The van der Waals surface area contributed by atoms with Gasteiger partial charge in [0.2, 0.25) is 11.6 Å². The lowest BCUT2D eigenvalue weighted by Gasteiger charge is -2.15. The van der Waals surface area contributed by atoms with Crippen molar-refractivity contribution in [2.75, 3.05) is 51.2 Å². The van der Waals surface area contributed by atoms with Crippen LogP contribution in [0.1, 0.15) is 16.8 Å². The van der Waals surface area contributed by atoms with Gasteiger partial charge in [0.05, 0.1) is 30.3 Å². The van der Waals surface area contributed by atoms with Crippen LogP contribution >= 0.6 is 0 Å². The van der Waals surface area contributed by atoms with Crippen molar-refractivity contribution < 1.29 is 18.5 Å². The van der Waals surface area contributed by atoms with Crippen molar-refractivity contribution in [3.63, 3.8) is 0 Å². The number of amides is 1. The molecule has 1 aliphatic rings. The molecule has 1 aliphatic heterocycles.